The Morgan fingerprint density at radius 2 is 2.27 bits per heavy atom. The normalized spacial score (nSPS) is 39.5. The fourth-order valence-electron chi connectivity index (χ4n) is 2.55. The summed E-state index contributed by atoms with van der Waals surface area (Å²) in [7, 11) is 0. The van der Waals surface area contributed by atoms with E-state index in [1.54, 1.807) is 0 Å². The molecule has 3 heteroatoms. The van der Waals surface area contributed by atoms with Gasteiger partial charge in [0.25, 0.3) is 0 Å². The molecular formula is C12H20O3. The van der Waals surface area contributed by atoms with Gasteiger partial charge in [-0.1, -0.05) is 13.0 Å². The first-order valence-corrected chi connectivity index (χ1v) is 5.65. The fourth-order valence-corrected chi connectivity index (χ4v) is 2.55. The van der Waals surface area contributed by atoms with Crippen molar-refractivity contribution in [3.63, 3.8) is 0 Å². The first-order chi connectivity index (χ1) is 7.02. The van der Waals surface area contributed by atoms with Crippen molar-refractivity contribution in [1.29, 1.82) is 0 Å². The van der Waals surface area contributed by atoms with Gasteiger partial charge in [-0.05, 0) is 31.8 Å². The van der Waals surface area contributed by atoms with Crippen LogP contribution in [0.1, 0.15) is 27.2 Å². The van der Waals surface area contributed by atoms with Gasteiger partial charge in [-0.15, -0.1) is 0 Å². The van der Waals surface area contributed by atoms with E-state index in [0.717, 1.165) is 18.6 Å². The SMILES string of the molecule is CC1C=C(CO)C2OC(C)(C)OCC2C1. The molecule has 1 fully saturated rings. The summed E-state index contributed by atoms with van der Waals surface area (Å²) in [6.07, 6.45) is 3.28. The maximum Gasteiger partial charge on any atom is 0.163 e. The van der Waals surface area contributed by atoms with Crippen LogP contribution < -0.4 is 0 Å². The van der Waals surface area contributed by atoms with Gasteiger partial charge in [-0.3, -0.25) is 0 Å². The quantitative estimate of drug-likeness (QED) is 0.672. The summed E-state index contributed by atoms with van der Waals surface area (Å²) < 4.78 is 11.5. The van der Waals surface area contributed by atoms with E-state index in [1.807, 2.05) is 13.8 Å². The lowest BCUT2D eigenvalue weighted by molar-refractivity contribution is -0.288. The highest BCUT2D eigenvalue weighted by Gasteiger charge is 2.40. The Bertz CT molecular complexity index is 270. The van der Waals surface area contributed by atoms with Gasteiger partial charge in [-0.25, -0.2) is 0 Å². The Hall–Kier alpha value is -0.380. The third-order valence-electron chi connectivity index (χ3n) is 3.21. The third kappa shape index (κ3) is 2.25. The Morgan fingerprint density at radius 1 is 1.53 bits per heavy atom. The molecule has 3 unspecified atom stereocenters. The van der Waals surface area contributed by atoms with Crippen LogP contribution in [-0.2, 0) is 9.47 Å². The van der Waals surface area contributed by atoms with Crippen molar-refractivity contribution in [3.05, 3.63) is 11.6 Å². The maximum atomic E-state index is 9.33. The van der Waals surface area contributed by atoms with Crippen molar-refractivity contribution in [1.82, 2.24) is 0 Å². The molecule has 0 aromatic heterocycles. The largest absolute Gasteiger partial charge is 0.392 e. The van der Waals surface area contributed by atoms with Crippen molar-refractivity contribution in [2.45, 2.75) is 39.1 Å². The van der Waals surface area contributed by atoms with E-state index in [0.29, 0.717) is 11.8 Å². The Balaban J connectivity index is 2.19. The molecule has 0 bridgehead atoms. The van der Waals surface area contributed by atoms with E-state index in [4.69, 9.17) is 9.47 Å². The highest BCUT2D eigenvalue weighted by Crippen LogP contribution is 2.37. The Morgan fingerprint density at radius 3 is 2.93 bits per heavy atom. The van der Waals surface area contributed by atoms with Crippen molar-refractivity contribution in [2.24, 2.45) is 11.8 Å². The van der Waals surface area contributed by atoms with Gasteiger partial charge >= 0.3 is 0 Å². The van der Waals surface area contributed by atoms with E-state index in [-0.39, 0.29) is 12.7 Å². The minimum Gasteiger partial charge on any atom is -0.392 e. The van der Waals surface area contributed by atoms with Crippen LogP contribution >= 0.6 is 0 Å². The van der Waals surface area contributed by atoms with Gasteiger partial charge in [0.05, 0.1) is 19.3 Å². The number of hydrogen-bond acceptors (Lipinski definition) is 3. The molecule has 0 radical (unpaired) electrons. The zero-order chi connectivity index (χ0) is 11.1. The highest BCUT2D eigenvalue weighted by atomic mass is 16.7. The molecule has 0 saturated carbocycles. The molecule has 3 atom stereocenters. The molecule has 1 aliphatic carbocycles. The van der Waals surface area contributed by atoms with Crippen LogP contribution in [0.3, 0.4) is 0 Å². The molecule has 86 valence electrons. The third-order valence-corrected chi connectivity index (χ3v) is 3.21. The molecule has 2 aliphatic rings. The van der Waals surface area contributed by atoms with E-state index < -0.39 is 5.79 Å². The zero-order valence-corrected chi connectivity index (χ0v) is 9.69. The van der Waals surface area contributed by atoms with Crippen molar-refractivity contribution in [2.75, 3.05) is 13.2 Å². The van der Waals surface area contributed by atoms with Crippen LogP contribution in [0.4, 0.5) is 0 Å². The smallest absolute Gasteiger partial charge is 0.163 e. The summed E-state index contributed by atoms with van der Waals surface area (Å²) in [5.74, 6) is 0.401. The first kappa shape index (κ1) is 11.1. The van der Waals surface area contributed by atoms with Gasteiger partial charge in [0.2, 0.25) is 0 Å². The number of aliphatic hydroxyl groups excluding tert-OH is 1. The molecular weight excluding hydrogens is 192 g/mol. The second-order valence-electron chi connectivity index (χ2n) is 5.12. The molecule has 1 N–H and O–H groups in total. The molecule has 1 saturated heterocycles. The molecule has 0 aromatic rings. The number of allylic oxidation sites excluding steroid dienone is 1. The molecule has 15 heavy (non-hydrogen) atoms. The number of rotatable bonds is 1. The van der Waals surface area contributed by atoms with E-state index in [9.17, 15) is 5.11 Å². The Kier molecular flexibility index (Phi) is 2.88. The minimum absolute atomic E-state index is 0.0509. The number of hydrogen-bond donors (Lipinski definition) is 1. The zero-order valence-electron chi connectivity index (χ0n) is 9.69. The lowest BCUT2D eigenvalue weighted by atomic mass is 9.80. The van der Waals surface area contributed by atoms with Gasteiger partial charge in [-0.2, -0.15) is 0 Å². The molecule has 0 aromatic carbocycles. The second-order valence-corrected chi connectivity index (χ2v) is 5.12. The maximum absolute atomic E-state index is 9.33. The fraction of sp³-hybridized carbons (Fsp3) is 0.833. The predicted molar refractivity (Wildman–Crippen MR) is 57.3 cm³/mol. The summed E-state index contributed by atoms with van der Waals surface area (Å²) in [5.41, 5.74) is 1.02. The summed E-state index contributed by atoms with van der Waals surface area (Å²) in [6.45, 7) is 6.86. The number of ether oxygens (including phenoxy) is 2. The van der Waals surface area contributed by atoms with E-state index >= 15 is 0 Å². The summed E-state index contributed by atoms with van der Waals surface area (Å²) in [6, 6.07) is 0. The minimum atomic E-state index is -0.518. The van der Waals surface area contributed by atoms with E-state index in [1.165, 1.54) is 0 Å². The van der Waals surface area contributed by atoms with Crippen LogP contribution in [0.25, 0.3) is 0 Å². The summed E-state index contributed by atoms with van der Waals surface area (Å²) in [4.78, 5) is 0. The monoisotopic (exact) mass is 212 g/mol. The van der Waals surface area contributed by atoms with Crippen LogP contribution in [0.5, 0.6) is 0 Å². The van der Waals surface area contributed by atoms with Crippen LogP contribution in [0.2, 0.25) is 0 Å². The molecule has 0 amide bonds. The van der Waals surface area contributed by atoms with Crippen molar-refractivity contribution in [3.8, 4) is 0 Å². The molecule has 0 spiro atoms. The standard InChI is InChI=1S/C12H20O3/c1-8-4-9(6-13)11-10(5-8)7-14-12(2,3)15-11/h4,8,10-11,13H,5-7H2,1-3H3. The average Bonchev–Trinajstić information content (AvgIpc) is 2.17. The van der Waals surface area contributed by atoms with Crippen LogP contribution in [0.15, 0.2) is 11.6 Å². The molecule has 2 rings (SSSR count). The summed E-state index contributed by atoms with van der Waals surface area (Å²) >= 11 is 0. The number of fused-ring (bicyclic) bond motifs is 1. The van der Waals surface area contributed by atoms with Gasteiger partial charge < -0.3 is 14.6 Å². The molecule has 1 aliphatic heterocycles. The van der Waals surface area contributed by atoms with Crippen molar-refractivity contribution < 1.29 is 14.6 Å². The van der Waals surface area contributed by atoms with Crippen LogP contribution in [0, 0.1) is 11.8 Å². The first-order valence-electron chi connectivity index (χ1n) is 5.65. The molecule has 3 nitrogen and oxygen atoms in total. The second kappa shape index (κ2) is 3.89. The van der Waals surface area contributed by atoms with Gasteiger partial charge in [0.1, 0.15) is 0 Å². The number of aliphatic hydroxyl groups is 1. The average molecular weight is 212 g/mol. The lowest BCUT2D eigenvalue weighted by Crippen LogP contribution is -2.48. The highest BCUT2D eigenvalue weighted by molar-refractivity contribution is 5.17. The Labute approximate surface area is 91.1 Å². The van der Waals surface area contributed by atoms with E-state index in [2.05, 4.69) is 13.0 Å². The summed E-state index contributed by atoms with van der Waals surface area (Å²) in [5, 5.41) is 9.33. The lowest BCUT2D eigenvalue weighted by Gasteiger charge is -2.44. The predicted octanol–water partition coefficient (Wildman–Crippen LogP) is 1.71. The van der Waals surface area contributed by atoms with Gasteiger partial charge in [0, 0.05) is 5.92 Å². The van der Waals surface area contributed by atoms with Crippen LogP contribution in [-0.4, -0.2) is 30.2 Å². The molecule has 1 heterocycles. The van der Waals surface area contributed by atoms with Gasteiger partial charge in [0.15, 0.2) is 5.79 Å². The topological polar surface area (TPSA) is 38.7 Å². The van der Waals surface area contributed by atoms with Crippen molar-refractivity contribution >= 4 is 0 Å².